The summed E-state index contributed by atoms with van der Waals surface area (Å²) in [4.78, 5) is 13.3. The number of aryl methyl sites for hydroxylation is 1. The standard InChI is InChI=1S/C26H30N2O6S2/c1-5-34-25-9-7-6-8-24(25)28(36(32,33)23-14-10-19(2)11-15-23)18-26(29)27-20(3)21-12-16-22(17-13-21)35(4,30)31/h6-17,20H,5,18H2,1-4H3,(H,27,29)/t20-/m1/s1. The minimum Gasteiger partial charge on any atom is -0.492 e. The molecule has 0 aliphatic heterocycles. The molecule has 0 saturated heterocycles. The second kappa shape index (κ2) is 11.1. The fraction of sp³-hybridized carbons (Fsp3) is 0.269. The summed E-state index contributed by atoms with van der Waals surface area (Å²) < 4.78 is 57.4. The fourth-order valence-electron chi connectivity index (χ4n) is 3.58. The molecule has 36 heavy (non-hydrogen) atoms. The molecule has 0 bridgehead atoms. The van der Waals surface area contributed by atoms with E-state index in [1.54, 1.807) is 62.4 Å². The van der Waals surface area contributed by atoms with Gasteiger partial charge in [-0.2, -0.15) is 0 Å². The molecular formula is C26H30N2O6S2. The largest absolute Gasteiger partial charge is 0.492 e. The van der Waals surface area contributed by atoms with E-state index in [0.29, 0.717) is 17.9 Å². The third kappa shape index (κ3) is 6.44. The summed E-state index contributed by atoms with van der Waals surface area (Å²) in [7, 11) is -7.45. The highest BCUT2D eigenvalue weighted by atomic mass is 32.2. The van der Waals surface area contributed by atoms with E-state index in [2.05, 4.69) is 5.32 Å². The highest BCUT2D eigenvalue weighted by Gasteiger charge is 2.30. The van der Waals surface area contributed by atoms with Gasteiger partial charge in [0.05, 0.1) is 28.1 Å². The van der Waals surface area contributed by atoms with Crippen LogP contribution in [0.3, 0.4) is 0 Å². The number of nitrogens with one attached hydrogen (secondary N) is 1. The molecule has 0 saturated carbocycles. The van der Waals surface area contributed by atoms with Crippen molar-refractivity contribution in [3.63, 3.8) is 0 Å². The van der Waals surface area contributed by atoms with E-state index in [9.17, 15) is 21.6 Å². The molecule has 0 aliphatic carbocycles. The number of ether oxygens (including phenoxy) is 1. The van der Waals surface area contributed by atoms with Crippen molar-refractivity contribution in [2.24, 2.45) is 0 Å². The first-order chi connectivity index (χ1) is 16.9. The summed E-state index contributed by atoms with van der Waals surface area (Å²) >= 11 is 0. The summed E-state index contributed by atoms with van der Waals surface area (Å²) in [5.41, 5.74) is 1.84. The van der Waals surface area contributed by atoms with E-state index >= 15 is 0 Å². The fourth-order valence-corrected chi connectivity index (χ4v) is 5.64. The number of sulfonamides is 1. The normalized spacial score (nSPS) is 12.6. The van der Waals surface area contributed by atoms with E-state index in [1.807, 2.05) is 6.92 Å². The molecular weight excluding hydrogens is 500 g/mol. The maximum absolute atomic E-state index is 13.7. The minimum atomic E-state index is -4.10. The Kier molecular flexibility index (Phi) is 8.42. The second-order valence-corrected chi connectivity index (χ2v) is 12.2. The first kappa shape index (κ1) is 27.2. The van der Waals surface area contributed by atoms with Crippen LogP contribution in [-0.2, 0) is 24.7 Å². The molecule has 3 rings (SSSR count). The van der Waals surface area contributed by atoms with E-state index in [1.165, 1.54) is 24.3 Å². The maximum atomic E-state index is 13.7. The number of amides is 1. The molecule has 0 aromatic heterocycles. The van der Waals surface area contributed by atoms with E-state index in [-0.39, 0.29) is 15.5 Å². The SMILES string of the molecule is CCOc1ccccc1N(CC(=O)N[C@H](C)c1ccc(S(C)(=O)=O)cc1)S(=O)(=O)c1ccc(C)cc1. The Balaban J connectivity index is 1.91. The van der Waals surface area contributed by atoms with Gasteiger partial charge in [-0.05, 0) is 62.7 Å². The smallest absolute Gasteiger partial charge is 0.264 e. The molecule has 0 aliphatic rings. The molecule has 0 fully saturated rings. The molecule has 0 radical (unpaired) electrons. The van der Waals surface area contributed by atoms with Crippen LogP contribution in [0.25, 0.3) is 0 Å². The van der Waals surface area contributed by atoms with Crippen LogP contribution < -0.4 is 14.4 Å². The first-order valence-electron chi connectivity index (χ1n) is 11.3. The van der Waals surface area contributed by atoms with E-state index < -0.39 is 38.4 Å². The minimum absolute atomic E-state index is 0.0524. The molecule has 8 nitrogen and oxygen atoms in total. The van der Waals surface area contributed by atoms with Crippen LogP contribution in [0, 0.1) is 6.92 Å². The molecule has 0 spiro atoms. The van der Waals surface area contributed by atoms with Gasteiger partial charge in [-0.1, -0.05) is 42.0 Å². The Morgan fingerprint density at radius 3 is 2.08 bits per heavy atom. The summed E-state index contributed by atoms with van der Waals surface area (Å²) in [5.74, 6) is -0.190. The van der Waals surface area contributed by atoms with Crippen LogP contribution in [-0.4, -0.2) is 42.2 Å². The summed E-state index contributed by atoms with van der Waals surface area (Å²) in [6.45, 7) is 5.23. The number of carbonyl (C=O) groups excluding carboxylic acids is 1. The van der Waals surface area contributed by atoms with Crippen LogP contribution in [0.2, 0.25) is 0 Å². The van der Waals surface area contributed by atoms with Crippen molar-refractivity contribution in [3.8, 4) is 5.75 Å². The van der Waals surface area contributed by atoms with Crippen molar-refractivity contribution >= 4 is 31.5 Å². The van der Waals surface area contributed by atoms with Crippen molar-refractivity contribution in [2.75, 3.05) is 23.7 Å². The van der Waals surface area contributed by atoms with Crippen LogP contribution in [0.4, 0.5) is 5.69 Å². The topological polar surface area (TPSA) is 110 Å². The van der Waals surface area contributed by atoms with Gasteiger partial charge in [0, 0.05) is 6.26 Å². The van der Waals surface area contributed by atoms with Gasteiger partial charge in [0.2, 0.25) is 5.91 Å². The number of carbonyl (C=O) groups is 1. The molecule has 0 unspecified atom stereocenters. The van der Waals surface area contributed by atoms with Crippen molar-refractivity contribution < 1.29 is 26.4 Å². The zero-order valence-corrected chi connectivity index (χ0v) is 22.3. The average molecular weight is 531 g/mol. The summed E-state index contributed by atoms with van der Waals surface area (Å²) in [5, 5.41) is 2.80. The number of hydrogen-bond donors (Lipinski definition) is 1. The van der Waals surface area contributed by atoms with Crippen molar-refractivity contribution in [2.45, 2.75) is 36.6 Å². The maximum Gasteiger partial charge on any atom is 0.264 e. The lowest BCUT2D eigenvalue weighted by molar-refractivity contribution is -0.120. The van der Waals surface area contributed by atoms with Gasteiger partial charge in [-0.25, -0.2) is 16.8 Å². The number of sulfone groups is 1. The summed E-state index contributed by atoms with van der Waals surface area (Å²) in [6, 6.07) is 18.7. The van der Waals surface area contributed by atoms with Crippen LogP contribution in [0.1, 0.15) is 31.0 Å². The Labute approximate surface area is 212 Å². The predicted octanol–water partition coefficient (Wildman–Crippen LogP) is 3.87. The molecule has 1 amide bonds. The Hall–Kier alpha value is -3.37. The number of para-hydroxylation sites is 2. The highest BCUT2D eigenvalue weighted by molar-refractivity contribution is 7.93. The molecule has 192 valence electrons. The van der Waals surface area contributed by atoms with Gasteiger partial charge in [0.1, 0.15) is 12.3 Å². The number of hydrogen-bond acceptors (Lipinski definition) is 6. The lowest BCUT2D eigenvalue weighted by Gasteiger charge is -2.26. The summed E-state index contributed by atoms with van der Waals surface area (Å²) in [6.07, 6.45) is 1.12. The van der Waals surface area contributed by atoms with E-state index in [0.717, 1.165) is 16.1 Å². The first-order valence-corrected chi connectivity index (χ1v) is 14.7. The Bertz CT molecular complexity index is 1420. The highest BCUT2D eigenvalue weighted by Crippen LogP contribution is 2.32. The molecule has 0 heterocycles. The number of nitrogens with zero attached hydrogens (tertiary/aromatic N) is 1. The van der Waals surface area contributed by atoms with Gasteiger partial charge in [0.25, 0.3) is 10.0 Å². The lowest BCUT2D eigenvalue weighted by atomic mass is 10.1. The molecule has 1 atom stereocenters. The zero-order chi connectivity index (χ0) is 26.5. The third-order valence-corrected chi connectivity index (χ3v) is 8.42. The number of anilines is 1. The van der Waals surface area contributed by atoms with Gasteiger partial charge in [-0.3, -0.25) is 9.10 Å². The van der Waals surface area contributed by atoms with Crippen LogP contribution in [0.5, 0.6) is 5.75 Å². The van der Waals surface area contributed by atoms with Gasteiger partial charge < -0.3 is 10.1 Å². The molecule has 10 heteroatoms. The van der Waals surface area contributed by atoms with Gasteiger partial charge in [-0.15, -0.1) is 0 Å². The van der Waals surface area contributed by atoms with Crippen LogP contribution >= 0.6 is 0 Å². The van der Waals surface area contributed by atoms with Crippen LogP contribution in [0.15, 0.2) is 82.6 Å². The lowest BCUT2D eigenvalue weighted by Crippen LogP contribution is -2.41. The Morgan fingerprint density at radius 1 is 0.917 bits per heavy atom. The van der Waals surface area contributed by atoms with Gasteiger partial charge >= 0.3 is 0 Å². The predicted molar refractivity (Wildman–Crippen MR) is 139 cm³/mol. The number of benzene rings is 3. The molecule has 3 aromatic rings. The zero-order valence-electron chi connectivity index (χ0n) is 20.6. The second-order valence-electron chi connectivity index (χ2n) is 8.36. The monoisotopic (exact) mass is 530 g/mol. The quantitative estimate of drug-likeness (QED) is 0.426. The van der Waals surface area contributed by atoms with E-state index in [4.69, 9.17) is 4.74 Å². The average Bonchev–Trinajstić information content (AvgIpc) is 2.83. The molecule has 3 aromatic carbocycles. The van der Waals surface area contributed by atoms with Crippen molar-refractivity contribution in [1.29, 1.82) is 0 Å². The molecule has 1 N–H and O–H groups in total. The number of rotatable bonds is 10. The van der Waals surface area contributed by atoms with Crippen molar-refractivity contribution in [1.82, 2.24) is 5.32 Å². The van der Waals surface area contributed by atoms with Crippen molar-refractivity contribution in [3.05, 3.63) is 83.9 Å². The third-order valence-electron chi connectivity index (χ3n) is 5.52. The van der Waals surface area contributed by atoms with Gasteiger partial charge in [0.15, 0.2) is 9.84 Å². The Morgan fingerprint density at radius 2 is 1.50 bits per heavy atom.